The standard InChI is InChI=1S/C5H15NO6P2/c1-2-4(6)3-5(13(7,8)9)14(10,11)12/h4-5H,2-3,6H2,1H3,(H2,7,8,9)(H2,10,11,12). The van der Waals surface area contributed by atoms with Gasteiger partial charge in [-0.2, -0.15) is 0 Å². The van der Waals surface area contributed by atoms with Gasteiger partial charge in [0.2, 0.25) is 0 Å². The van der Waals surface area contributed by atoms with E-state index in [1.165, 1.54) is 0 Å². The second-order valence-corrected chi connectivity index (χ2v) is 7.07. The molecule has 14 heavy (non-hydrogen) atoms. The van der Waals surface area contributed by atoms with Gasteiger partial charge in [-0.25, -0.2) is 0 Å². The maximum Gasteiger partial charge on any atom is 0.340 e. The maximum absolute atomic E-state index is 10.8. The van der Waals surface area contributed by atoms with Gasteiger partial charge in [-0.15, -0.1) is 0 Å². The minimum atomic E-state index is -4.81. The molecule has 0 saturated heterocycles. The summed E-state index contributed by atoms with van der Waals surface area (Å²) in [6, 6.07) is -0.625. The van der Waals surface area contributed by atoms with Crippen molar-refractivity contribution in [2.75, 3.05) is 0 Å². The van der Waals surface area contributed by atoms with Gasteiger partial charge in [-0.3, -0.25) is 9.13 Å². The molecule has 0 saturated carbocycles. The summed E-state index contributed by atoms with van der Waals surface area (Å²) in [4.78, 5) is 34.9. The Morgan fingerprint density at radius 3 is 1.71 bits per heavy atom. The highest BCUT2D eigenvalue weighted by Gasteiger charge is 2.43. The maximum atomic E-state index is 10.8. The molecule has 0 fully saturated rings. The molecule has 0 radical (unpaired) electrons. The molecule has 86 valence electrons. The molecule has 0 aliphatic rings. The fourth-order valence-corrected chi connectivity index (χ4v) is 3.57. The SMILES string of the molecule is CCC(N)CC(P(=O)(O)O)P(=O)(O)O. The molecule has 7 nitrogen and oxygen atoms in total. The lowest BCUT2D eigenvalue weighted by Crippen LogP contribution is -2.25. The average molecular weight is 247 g/mol. The van der Waals surface area contributed by atoms with Crippen molar-refractivity contribution in [3.8, 4) is 0 Å². The quantitative estimate of drug-likeness (QED) is 0.423. The molecule has 0 aromatic carbocycles. The van der Waals surface area contributed by atoms with Crippen LogP contribution >= 0.6 is 15.2 Å². The highest BCUT2D eigenvalue weighted by Crippen LogP contribution is 2.61. The number of nitrogens with two attached hydrogens (primary N) is 1. The van der Waals surface area contributed by atoms with Crippen LogP contribution in [0.25, 0.3) is 0 Å². The van der Waals surface area contributed by atoms with E-state index >= 15 is 0 Å². The molecule has 0 spiro atoms. The molecule has 1 atom stereocenters. The van der Waals surface area contributed by atoms with Crippen LogP contribution < -0.4 is 5.73 Å². The molecule has 0 aliphatic heterocycles. The van der Waals surface area contributed by atoms with Gasteiger partial charge in [0.25, 0.3) is 0 Å². The largest absolute Gasteiger partial charge is 0.340 e. The van der Waals surface area contributed by atoms with E-state index in [-0.39, 0.29) is 6.42 Å². The van der Waals surface area contributed by atoms with E-state index in [2.05, 4.69) is 0 Å². The van der Waals surface area contributed by atoms with Crippen LogP contribution in [0.5, 0.6) is 0 Å². The van der Waals surface area contributed by atoms with Gasteiger partial charge < -0.3 is 25.3 Å². The van der Waals surface area contributed by atoms with Gasteiger partial charge in [-0.1, -0.05) is 6.92 Å². The van der Waals surface area contributed by atoms with E-state index in [4.69, 9.17) is 25.3 Å². The Bertz CT molecular complexity index is 247. The van der Waals surface area contributed by atoms with Crippen LogP contribution in [0, 0.1) is 0 Å². The molecule has 0 bridgehead atoms. The third-order valence-corrected chi connectivity index (χ3v) is 5.59. The first-order valence-electron chi connectivity index (χ1n) is 3.95. The summed E-state index contributed by atoms with van der Waals surface area (Å²) in [5, 5.41) is -1.98. The lowest BCUT2D eigenvalue weighted by Gasteiger charge is -2.21. The van der Waals surface area contributed by atoms with Crippen molar-refractivity contribution in [2.45, 2.75) is 31.2 Å². The zero-order valence-corrected chi connectivity index (χ0v) is 9.43. The number of hydrogen-bond donors (Lipinski definition) is 5. The summed E-state index contributed by atoms with van der Waals surface area (Å²) in [5.41, 5.74) is 5.38. The van der Waals surface area contributed by atoms with Crippen molar-refractivity contribution in [3.63, 3.8) is 0 Å². The highest BCUT2D eigenvalue weighted by atomic mass is 31.2. The van der Waals surface area contributed by atoms with Crippen LogP contribution in [0.15, 0.2) is 0 Å². The normalized spacial score (nSPS) is 15.9. The Hall–Kier alpha value is 0.260. The first kappa shape index (κ1) is 14.3. The Kier molecular flexibility index (Phi) is 4.95. The summed E-state index contributed by atoms with van der Waals surface area (Å²) in [5.74, 6) is 0. The van der Waals surface area contributed by atoms with E-state index < -0.39 is 26.6 Å². The lowest BCUT2D eigenvalue weighted by atomic mass is 10.2. The number of rotatable bonds is 5. The van der Waals surface area contributed by atoms with Crippen molar-refractivity contribution in [1.82, 2.24) is 0 Å². The van der Waals surface area contributed by atoms with E-state index in [0.717, 1.165) is 0 Å². The molecule has 0 aromatic heterocycles. The Labute approximate surface area is 81.6 Å². The molecule has 0 heterocycles. The van der Waals surface area contributed by atoms with Gasteiger partial charge in [0.05, 0.1) is 0 Å². The predicted octanol–water partition coefficient (Wildman–Crippen LogP) is -0.205. The molecule has 9 heteroatoms. The minimum absolute atomic E-state index is 0.384. The summed E-state index contributed by atoms with van der Waals surface area (Å²) in [6.07, 6.45) is 0.0154. The monoisotopic (exact) mass is 247 g/mol. The van der Waals surface area contributed by atoms with E-state index in [1.54, 1.807) is 6.92 Å². The zero-order chi connectivity index (χ0) is 11.6. The topological polar surface area (TPSA) is 141 Å². The Morgan fingerprint density at radius 2 is 1.50 bits per heavy atom. The van der Waals surface area contributed by atoms with Gasteiger partial charge in [0.15, 0.2) is 5.40 Å². The van der Waals surface area contributed by atoms with Crippen molar-refractivity contribution in [3.05, 3.63) is 0 Å². The van der Waals surface area contributed by atoms with Crippen molar-refractivity contribution in [2.24, 2.45) is 5.73 Å². The summed E-state index contributed by atoms with van der Waals surface area (Å²) in [7, 11) is -9.62. The van der Waals surface area contributed by atoms with Gasteiger partial charge in [-0.05, 0) is 12.8 Å². The van der Waals surface area contributed by atoms with Gasteiger partial charge in [0, 0.05) is 6.04 Å². The zero-order valence-electron chi connectivity index (χ0n) is 7.65. The molecule has 0 aromatic rings. The average Bonchev–Trinajstić information content (AvgIpc) is 1.95. The van der Waals surface area contributed by atoms with E-state index in [1.807, 2.05) is 0 Å². The highest BCUT2D eigenvalue weighted by molar-refractivity contribution is 7.70. The summed E-state index contributed by atoms with van der Waals surface area (Å²) < 4.78 is 21.6. The van der Waals surface area contributed by atoms with Crippen LogP contribution in [0.3, 0.4) is 0 Å². The van der Waals surface area contributed by atoms with Crippen LogP contribution in [-0.4, -0.2) is 31.0 Å². The fourth-order valence-electron chi connectivity index (χ4n) is 0.908. The second kappa shape index (κ2) is 4.86. The van der Waals surface area contributed by atoms with Crippen LogP contribution in [0.2, 0.25) is 0 Å². The van der Waals surface area contributed by atoms with Crippen molar-refractivity contribution >= 4 is 15.2 Å². The fraction of sp³-hybridized carbons (Fsp3) is 1.00. The summed E-state index contributed by atoms with van der Waals surface area (Å²) in [6.45, 7) is 1.67. The van der Waals surface area contributed by atoms with Gasteiger partial charge in [0.1, 0.15) is 0 Å². The third-order valence-electron chi connectivity index (χ3n) is 1.81. The molecular formula is C5H15NO6P2. The molecule has 1 unspecified atom stereocenters. The van der Waals surface area contributed by atoms with E-state index in [9.17, 15) is 9.13 Å². The van der Waals surface area contributed by atoms with Gasteiger partial charge >= 0.3 is 15.2 Å². The number of hydrogen-bond acceptors (Lipinski definition) is 3. The summed E-state index contributed by atoms with van der Waals surface area (Å²) >= 11 is 0. The molecule has 0 aliphatic carbocycles. The first-order valence-corrected chi connectivity index (χ1v) is 7.31. The minimum Gasteiger partial charge on any atom is -0.328 e. The Balaban J connectivity index is 4.78. The first-order chi connectivity index (χ1) is 6.09. The second-order valence-electron chi connectivity index (χ2n) is 3.06. The smallest absolute Gasteiger partial charge is 0.328 e. The van der Waals surface area contributed by atoms with Crippen LogP contribution in [0.1, 0.15) is 19.8 Å². The molecule has 0 amide bonds. The van der Waals surface area contributed by atoms with Crippen LogP contribution in [0.4, 0.5) is 0 Å². The molecular weight excluding hydrogens is 232 g/mol. The Morgan fingerprint density at radius 1 is 1.14 bits per heavy atom. The van der Waals surface area contributed by atoms with E-state index in [0.29, 0.717) is 6.42 Å². The van der Waals surface area contributed by atoms with Crippen LogP contribution in [-0.2, 0) is 9.13 Å². The van der Waals surface area contributed by atoms with Crippen molar-refractivity contribution < 1.29 is 28.7 Å². The van der Waals surface area contributed by atoms with Crippen molar-refractivity contribution in [1.29, 1.82) is 0 Å². The third kappa shape index (κ3) is 4.66. The molecule has 0 rings (SSSR count). The lowest BCUT2D eigenvalue weighted by molar-refractivity contribution is 0.331. The predicted molar refractivity (Wildman–Crippen MR) is 50.8 cm³/mol. The molecule has 6 N–H and O–H groups in total.